The Morgan fingerprint density at radius 1 is 1.14 bits per heavy atom. The smallest absolute Gasteiger partial charge is 0.292 e. The van der Waals surface area contributed by atoms with Crippen molar-refractivity contribution in [2.45, 2.75) is 64.0 Å². The van der Waals surface area contributed by atoms with Crippen LogP contribution in [-0.4, -0.2) is 50.8 Å². The summed E-state index contributed by atoms with van der Waals surface area (Å²) in [6.45, 7) is 6.00. The van der Waals surface area contributed by atoms with Gasteiger partial charge in [0.25, 0.3) is 5.79 Å². The highest BCUT2D eigenvalue weighted by molar-refractivity contribution is 6.30. The van der Waals surface area contributed by atoms with E-state index in [9.17, 15) is 10.0 Å². The number of Topliss-reactive ketones (excluding diaryl/α,β-unsaturated/α-hetero) is 1. The molecule has 0 saturated carbocycles. The summed E-state index contributed by atoms with van der Waals surface area (Å²) in [6, 6.07) is 15.1. The molecule has 7 rings (SSSR count). The highest BCUT2D eigenvalue weighted by Crippen LogP contribution is 2.49. The van der Waals surface area contributed by atoms with Crippen molar-refractivity contribution >= 4 is 28.4 Å². The number of pyridine rings is 1. The Morgan fingerprint density at radius 3 is 2.64 bits per heavy atom. The lowest BCUT2D eigenvalue weighted by Crippen LogP contribution is -2.47. The lowest BCUT2D eigenvalue weighted by atomic mass is 9.88. The highest BCUT2D eigenvalue weighted by atomic mass is 35.5. The van der Waals surface area contributed by atoms with Gasteiger partial charge in [-0.25, -0.2) is 4.98 Å². The molecule has 0 amide bonds. The number of piperidine rings is 1. The Bertz CT molecular complexity index is 1660. The molecule has 2 fully saturated rings. The average molecular weight is 589 g/mol. The van der Waals surface area contributed by atoms with Crippen LogP contribution in [0, 0.1) is 5.21 Å². The van der Waals surface area contributed by atoms with Crippen LogP contribution in [0.15, 0.2) is 54.7 Å². The third-order valence-electron chi connectivity index (χ3n) is 8.86. The molecule has 0 N–H and O–H groups in total. The van der Waals surface area contributed by atoms with Crippen molar-refractivity contribution in [2.75, 3.05) is 19.7 Å². The summed E-state index contributed by atoms with van der Waals surface area (Å²) in [5.74, 6) is 1.27. The number of quaternary nitrogens is 1. The topological polar surface area (TPSA) is 98.5 Å². The molecule has 3 aliphatic heterocycles. The average Bonchev–Trinajstić information content (AvgIpc) is 3.47. The van der Waals surface area contributed by atoms with Gasteiger partial charge < -0.3 is 28.6 Å². The van der Waals surface area contributed by atoms with Crippen LogP contribution in [0.3, 0.4) is 0 Å². The van der Waals surface area contributed by atoms with Crippen LogP contribution in [0.2, 0.25) is 5.02 Å². The number of imidazole rings is 1. The summed E-state index contributed by atoms with van der Waals surface area (Å²) >= 11 is 6.04. The molecule has 2 atom stereocenters. The van der Waals surface area contributed by atoms with Gasteiger partial charge in [0, 0.05) is 43.7 Å². The number of ether oxygens (including phenoxy) is 3. The van der Waals surface area contributed by atoms with Crippen molar-refractivity contribution in [1.29, 1.82) is 0 Å². The number of benzene rings is 2. The maximum Gasteiger partial charge on any atom is 0.292 e. The van der Waals surface area contributed by atoms with Crippen molar-refractivity contribution in [1.82, 2.24) is 14.5 Å². The van der Waals surface area contributed by atoms with Gasteiger partial charge in [0.05, 0.1) is 41.8 Å². The molecular formula is C32H33ClN4O5. The van der Waals surface area contributed by atoms with E-state index in [1.807, 2.05) is 37.3 Å². The van der Waals surface area contributed by atoms with Crippen molar-refractivity contribution in [3.63, 3.8) is 0 Å². The van der Waals surface area contributed by atoms with Gasteiger partial charge in [-0.3, -0.25) is 9.78 Å². The molecule has 0 spiro atoms. The normalized spacial score (nSPS) is 26.8. The van der Waals surface area contributed by atoms with E-state index >= 15 is 0 Å². The first-order valence-electron chi connectivity index (χ1n) is 14.5. The second-order valence-electron chi connectivity index (χ2n) is 11.8. The van der Waals surface area contributed by atoms with Gasteiger partial charge in [-0.2, -0.15) is 0 Å². The number of carbonyl (C=O) groups excluding carboxylic acids is 1. The third kappa shape index (κ3) is 4.94. The SMILES string of the molecule is CC(=O)c1ccc2nc(C[N+]3([O-])CCC(c4cccc5c4O[C@@](C)(c4ccc(Cl)cn4)O5)CC3)n(C[C@@H]3CCO3)c2c1. The van der Waals surface area contributed by atoms with E-state index in [0.29, 0.717) is 41.7 Å². The number of rotatable bonds is 7. The molecule has 2 aromatic carbocycles. The molecule has 0 radical (unpaired) electrons. The van der Waals surface area contributed by atoms with E-state index in [0.717, 1.165) is 54.0 Å². The summed E-state index contributed by atoms with van der Waals surface area (Å²) in [5.41, 5.74) is 4.01. The summed E-state index contributed by atoms with van der Waals surface area (Å²) in [7, 11) is 0. The maximum absolute atomic E-state index is 14.1. The van der Waals surface area contributed by atoms with Gasteiger partial charge in [0.15, 0.2) is 23.1 Å². The number of carbonyl (C=O) groups is 1. The molecule has 2 saturated heterocycles. The lowest BCUT2D eigenvalue weighted by Gasteiger charge is -2.47. The Hall–Kier alpha value is -3.50. The van der Waals surface area contributed by atoms with E-state index in [4.69, 9.17) is 30.8 Å². The number of hydroxylamine groups is 3. The van der Waals surface area contributed by atoms with Crippen molar-refractivity contribution in [3.05, 3.63) is 87.6 Å². The molecule has 3 aliphatic rings. The van der Waals surface area contributed by atoms with Gasteiger partial charge in [0.2, 0.25) is 0 Å². The second kappa shape index (κ2) is 10.3. The Balaban J connectivity index is 1.10. The van der Waals surface area contributed by atoms with E-state index in [-0.39, 0.29) is 29.0 Å². The predicted octanol–water partition coefficient (Wildman–Crippen LogP) is 6.11. The van der Waals surface area contributed by atoms with Crippen molar-refractivity contribution in [2.24, 2.45) is 0 Å². The van der Waals surface area contributed by atoms with Gasteiger partial charge >= 0.3 is 0 Å². The molecule has 5 heterocycles. The first-order valence-corrected chi connectivity index (χ1v) is 14.9. The number of para-hydroxylation sites is 1. The minimum atomic E-state index is -1.05. The molecule has 42 heavy (non-hydrogen) atoms. The van der Waals surface area contributed by atoms with Gasteiger partial charge in [-0.1, -0.05) is 23.7 Å². The summed E-state index contributed by atoms with van der Waals surface area (Å²) in [5, 5.41) is 14.7. The van der Waals surface area contributed by atoms with Gasteiger partial charge in [-0.15, -0.1) is 0 Å². The summed E-state index contributed by atoms with van der Waals surface area (Å²) in [4.78, 5) is 21.4. The Labute approximate surface area is 249 Å². The van der Waals surface area contributed by atoms with Crippen LogP contribution in [0.1, 0.15) is 66.5 Å². The van der Waals surface area contributed by atoms with E-state index in [1.165, 1.54) is 0 Å². The lowest BCUT2D eigenvalue weighted by molar-refractivity contribution is -0.899. The molecule has 218 valence electrons. The fourth-order valence-corrected chi connectivity index (χ4v) is 6.44. The number of aromatic nitrogens is 3. The monoisotopic (exact) mass is 588 g/mol. The van der Waals surface area contributed by atoms with Crippen LogP contribution in [-0.2, 0) is 23.6 Å². The largest absolute Gasteiger partial charge is 0.632 e. The molecule has 2 aromatic heterocycles. The molecule has 4 aromatic rings. The quantitative estimate of drug-likeness (QED) is 0.146. The number of nitrogens with zero attached hydrogens (tertiary/aromatic N) is 4. The number of halogens is 1. The highest BCUT2D eigenvalue weighted by Gasteiger charge is 2.43. The zero-order chi connectivity index (χ0) is 29.1. The van der Waals surface area contributed by atoms with Crippen LogP contribution < -0.4 is 9.47 Å². The first-order chi connectivity index (χ1) is 20.2. The Kier molecular flexibility index (Phi) is 6.73. The van der Waals surface area contributed by atoms with E-state index < -0.39 is 5.79 Å². The number of fused-ring (bicyclic) bond motifs is 2. The molecule has 0 unspecified atom stereocenters. The fourth-order valence-electron chi connectivity index (χ4n) is 6.33. The van der Waals surface area contributed by atoms with Crippen LogP contribution in [0.4, 0.5) is 0 Å². The zero-order valence-corrected chi connectivity index (χ0v) is 24.5. The predicted molar refractivity (Wildman–Crippen MR) is 157 cm³/mol. The number of hydrogen-bond donors (Lipinski definition) is 0. The van der Waals surface area contributed by atoms with Gasteiger partial charge in [-0.05, 0) is 55.7 Å². The molecular weight excluding hydrogens is 556 g/mol. The standard InChI is InChI=1S/C32H33ClN4O5/c1-20(38)22-6-8-26-27(16-22)36(18-24-12-15-40-24)30(35-26)19-37(39)13-10-21(11-14-37)25-4-3-5-28-31(25)42-32(2,41-28)29-9-7-23(33)17-34-29/h3-9,16-17,21,24H,10-15,18-19H2,1-2H3/t21?,24-,32-,37?/m0/s1. The minimum Gasteiger partial charge on any atom is -0.632 e. The van der Waals surface area contributed by atoms with Crippen LogP contribution >= 0.6 is 11.6 Å². The third-order valence-corrected chi connectivity index (χ3v) is 9.08. The molecule has 10 heteroatoms. The molecule has 9 nitrogen and oxygen atoms in total. The Morgan fingerprint density at radius 2 is 1.95 bits per heavy atom. The van der Waals surface area contributed by atoms with E-state index in [1.54, 1.807) is 25.3 Å². The first kappa shape index (κ1) is 27.3. The van der Waals surface area contributed by atoms with Crippen LogP contribution in [0.25, 0.3) is 11.0 Å². The van der Waals surface area contributed by atoms with Crippen molar-refractivity contribution in [3.8, 4) is 11.5 Å². The summed E-state index contributed by atoms with van der Waals surface area (Å²) < 4.78 is 20.1. The fraction of sp³-hybridized carbons (Fsp3) is 0.406. The number of likely N-dealkylation sites (tertiary alicyclic amines) is 1. The summed E-state index contributed by atoms with van der Waals surface area (Å²) in [6.07, 6.45) is 4.11. The molecule has 0 bridgehead atoms. The molecule has 0 aliphatic carbocycles. The zero-order valence-electron chi connectivity index (χ0n) is 23.7. The van der Waals surface area contributed by atoms with Crippen molar-refractivity contribution < 1.29 is 23.7 Å². The minimum absolute atomic E-state index is 0.00649. The number of ketones is 1. The van der Waals surface area contributed by atoms with Gasteiger partial charge in [0.1, 0.15) is 12.2 Å². The van der Waals surface area contributed by atoms with Crippen LogP contribution in [0.5, 0.6) is 11.5 Å². The second-order valence-corrected chi connectivity index (χ2v) is 12.2. The number of hydrogen-bond acceptors (Lipinski definition) is 7. The van der Waals surface area contributed by atoms with E-state index in [2.05, 4.69) is 15.6 Å². The maximum atomic E-state index is 14.1.